The molecular weight excluding hydrogens is 531 g/mol. The molecule has 1 fully saturated rings. The first-order chi connectivity index (χ1) is 19.0. The molecule has 2 amide bonds. The molecule has 0 aromatic heterocycles. The predicted octanol–water partition coefficient (Wildman–Crippen LogP) is 7.24. The van der Waals surface area contributed by atoms with Gasteiger partial charge in [0.15, 0.2) is 0 Å². The molecule has 0 heterocycles. The van der Waals surface area contributed by atoms with Gasteiger partial charge in [-0.05, 0) is 66.8 Å². The first kappa shape index (κ1) is 29.0. The molecule has 4 rings (SSSR count). The Morgan fingerprint density at radius 1 is 0.846 bits per heavy atom. The summed E-state index contributed by atoms with van der Waals surface area (Å²) in [6, 6.07) is 24.0. The van der Waals surface area contributed by atoms with Crippen LogP contribution in [0.1, 0.15) is 56.1 Å². The number of hydrogen-bond acceptors (Lipinski definition) is 3. The molecule has 5 nitrogen and oxygen atoms in total. The Hall–Kier alpha value is -3.02. The normalized spacial score (nSPS) is 14.4. The van der Waals surface area contributed by atoms with Gasteiger partial charge in [-0.1, -0.05) is 84.9 Å². The number of halogens is 2. The molecule has 206 valence electrons. The summed E-state index contributed by atoms with van der Waals surface area (Å²) >= 11 is 12.1. The van der Waals surface area contributed by atoms with Crippen molar-refractivity contribution in [3.63, 3.8) is 0 Å². The molecule has 0 spiro atoms. The zero-order valence-electron chi connectivity index (χ0n) is 22.2. The molecule has 1 aliphatic carbocycles. The highest BCUT2D eigenvalue weighted by molar-refractivity contribution is 6.30. The van der Waals surface area contributed by atoms with E-state index in [0.717, 1.165) is 36.8 Å². The second kappa shape index (κ2) is 14.9. The smallest absolute Gasteiger partial charge is 0.243 e. The Kier molecular flexibility index (Phi) is 11.1. The Morgan fingerprint density at radius 3 is 2.15 bits per heavy atom. The van der Waals surface area contributed by atoms with Crippen LogP contribution in [0.5, 0.6) is 5.75 Å². The van der Waals surface area contributed by atoms with E-state index in [9.17, 15) is 9.59 Å². The lowest BCUT2D eigenvalue weighted by Gasteiger charge is -2.33. The molecule has 0 radical (unpaired) electrons. The first-order valence-corrected chi connectivity index (χ1v) is 14.5. The van der Waals surface area contributed by atoms with Crippen molar-refractivity contribution in [3.8, 4) is 5.75 Å². The monoisotopic (exact) mass is 566 g/mol. The molecule has 1 atom stereocenters. The average Bonchev–Trinajstić information content (AvgIpc) is 2.96. The van der Waals surface area contributed by atoms with Crippen LogP contribution in [0, 0.1) is 0 Å². The van der Waals surface area contributed by atoms with Gasteiger partial charge in [-0.25, -0.2) is 0 Å². The van der Waals surface area contributed by atoms with Crippen molar-refractivity contribution in [1.82, 2.24) is 10.2 Å². The highest BCUT2D eigenvalue weighted by Crippen LogP contribution is 2.21. The number of carbonyl (C=O) groups is 2. The molecule has 7 heteroatoms. The molecule has 1 N–H and O–H groups in total. The van der Waals surface area contributed by atoms with Crippen molar-refractivity contribution >= 4 is 35.0 Å². The van der Waals surface area contributed by atoms with Crippen LogP contribution in [-0.4, -0.2) is 35.4 Å². The molecule has 39 heavy (non-hydrogen) atoms. The van der Waals surface area contributed by atoms with Gasteiger partial charge in [0, 0.05) is 35.5 Å². The second-order valence-corrected chi connectivity index (χ2v) is 11.0. The minimum Gasteiger partial charge on any atom is -0.494 e. The van der Waals surface area contributed by atoms with E-state index in [1.54, 1.807) is 17.0 Å². The van der Waals surface area contributed by atoms with E-state index in [1.807, 2.05) is 66.7 Å². The Morgan fingerprint density at radius 2 is 1.49 bits per heavy atom. The zero-order chi connectivity index (χ0) is 27.5. The van der Waals surface area contributed by atoms with Crippen molar-refractivity contribution in [2.75, 3.05) is 6.61 Å². The van der Waals surface area contributed by atoms with E-state index in [1.165, 1.54) is 6.42 Å². The van der Waals surface area contributed by atoms with Crippen molar-refractivity contribution in [3.05, 3.63) is 100 Å². The largest absolute Gasteiger partial charge is 0.494 e. The number of carbonyl (C=O) groups excluding carboxylic acids is 2. The molecule has 3 aromatic carbocycles. The third kappa shape index (κ3) is 9.29. The van der Waals surface area contributed by atoms with Gasteiger partial charge in [-0.15, -0.1) is 0 Å². The van der Waals surface area contributed by atoms with Gasteiger partial charge in [-0.2, -0.15) is 0 Å². The highest BCUT2D eigenvalue weighted by Gasteiger charge is 2.31. The van der Waals surface area contributed by atoms with Gasteiger partial charge in [-0.3, -0.25) is 9.59 Å². The minimum absolute atomic E-state index is 0.0793. The van der Waals surface area contributed by atoms with E-state index in [4.69, 9.17) is 27.9 Å². The van der Waals surface area contributed by atoms with Gasteiger partial charge in [0.2, 0.25) is 11.8 Å². The zero-order valence-corrected chi connectivity index (χ0v) is 23.7. The topological polar surface area (TPSA) is 58.6 Å². The van der Waals surface area contributed by atoms with Crippen LogP contribution in [0.3, 0.4) is 0 Å². The number of rotatable bonds is 12. The molecule has 0 unspecified atom stereocenters. The molecule has 0 aliphatic heterocycles. The maximum atomic E-state index is 13.8. The summed E-state index contributed by atoms with van der Waals surface area (Å²) in [5, 5.41) is 4.55. The number of ether oxygens (including phenoxy) is 1. The van der Waals surface area contributed by atoms with Crippen LogP contribution in [0.25, 0.3) is 0 Å². The highest BCUT2D eigenvalue weighted by atomic mass is 35.5. The summed E-state index contributed by atoms with van der Waals surface area (Å²) in [4.78, 5) is 29.3. The summed E-state index contributed by atoms with van der Waals surface area (Å²) in [7, 11) is 0. The second-order valence-electron chi connectivity index (χ2n) is 10.1. The number of hydrogen-bond donors (Lipinski definition) is 1. The molecule has 1 aliphatic rings. The van der Waals surface area contributed by atoms with Crippen molar-refractivity contribution in [2.45, 2.75) is 70.0 Å². The van der Waals surface area contributed by atoms with Gasteiger partial charge in [0.25, 0.3) is 0 Å². The third-order valence-electron chi connectivity index (χ3n) is 7.11. The van der Waals surface area contributed by atoms with E-state index in [-0.39, 0.29) is 24.3 Å². The maximum absolute atomic E-state index is 13.8. The summed E-state index contributed by atoms with van der Waals surface area (Å²) in [6.45, 7) is 0.712. The summed E-state index contributed by atoms with van der Waals surface area (Å²) in [5.74, 6) is 0.536. The molecule has 3 aromatic rings. The minimum atomic E-state index is -0.630. The fraction of sp³-hybridized carbons (Fsp3) is 0.375. The van der Waals surface area contributed by atoms with Crippen molar-refractivity contribution in [2.24, 2.45) is 0 Å². The first-order valence-electron chi connectivity index (χ1n) is 13.7. The lowest BCUT2D eigenvalue weighted by molar-refractivity contribution is -0.141. The van der Waals surface area contributed by atoms with Gasteiger partial charge in [0.1, 0.15) is 11.8 Å². The van der Waals surface area contributed by atoms with Gasteiger partial charge < -0.3 is 15.0 Å². The van der Waals surface area contributed by atoms with Crippen LogP contribution in [-0.2, 0) is 22.6 Å². The number of nitrogens with one attached hydrogen (secondary N) is 1. The molecule has 0 saturated heterocycles. The summed E-state index contributed by atoms with van der Waals surface area (Å²) in [6.07, 6.45) is 6.65. The molecule has 1 saturated carbocycles. The lowest BCUT2D eigenvalue weighted by Crippen LogP contribution is -2.52. The number of amides is 2. The average molecular weight is 568 g/mol. The Balaban J connectivity index is 1.51. The van der Waals surface area contributed by atoms with Crippen molar-refractivity contribution < 1.29 is 14.3 Å². The van der Waals surface area contributed by atoms with Crippen LogP contribution >= 0.6 is 23.2 Å². The van der Waals surface area contributed by atoms with E-state index < -0.39 is 6.04 Å². The van der Waals surface area contributed by atoms with E-state index >= 15 is 0 Å². The van der Waals surface area contributed by atoms with Gasteiger partial charge in [0.05, 0.1) is 6.61 Å². The fourth-order valence-corrected chi connectivity index (χ4v) is 5.22. The quantitative estimate of drug-likeness (QED) is 0.235. The standard InChI is InChI=1S/C32H36Cl2N2O3/c33-26-15-13-25(14-16-26)23-36(31(37)12-7-21-39-29-19-17-27(34)18-20-29)30(22-24-8-3-1-4-9-24)32(38)35-28-10-5-2-6-11-28/h1,3-4,8-9,13-20,28,30H,2,5-7,10-12,21-23H2,(H,35,38)/t30-/m0/s1. The third-order valence-corrected chi connectivity index (χ3v) is 7.61. The maximum Gasteiger partial charge on any atom is 0.243 e. The molecular formula is C32H36Cl2N2O3. The summed E-state index contributed by atoms with van der Waals surface area (Å²) < 4.78 is 5.80. The number of benzene rings is 3. The van der Waals surface area contributed by atoms with Crippen molar-refractivity contribution in [1.29, 1.82) is 0 Å². The predicted molar refractivity (Wildman–Crippen MR) is 157 cm³/mol. The SMILES string of the molecule is O=C(NC1CCCCC1)[C@H](Cc1ccccc1)N(Cc1ccc(Cl)cc1)C(=O)CCCOc1ccc(Cl)cc1. The van der Waals surface area contributed by atoms with E-state index in [2.05, 4.69) is 5.32 Å². The summed E-state index contributed by atoms with van der Waals surface area (Å²) in [5.41, 5.74) is 1.94. The van der Waals surface area contributed by atoms with Crippen LogP contribution in [0.4, 0.5) is 0 Å². The fourth-order valence-electron chi connectivity index (χ4n) is 4.97. The Labute approximate surface area is 241 Å². The van der Waals surface area contributed by atoms with Crippen LogP contribution in [0.15, 0.2) is 78.9 Å². The van der Waals surface area contributed by atoms with Crippen LogP contribution < -0.4 is 10.1 Å². The van der Waals surface area contributed by atoms with Crippen LogP contribution in [0.2, 0.25) is 10.0 Å². The lowest BCUT2D eigenvalue weighted by atomic mass is 9.94. The Bertz CT molecular complexity index is 1180. The van der Waals surface area contributed by atoms with E-state index in [0.29, 0.717) is 41.8 Å². The number of nitrogens with zero attached hydrogens (tertiary/aromatic N) is 1. The van der Waals surface area contributed by atoms with Gasteiger partial charge >= 0.3 is 0 Å². The molecule has 0 bridgehead atoms.